The number of aliphatic hydroxyl groups is 1. The Morgan fingerprint density at radius 3 is 2.54 bits per heavy atom. The molecule has 2 rings (SSSR count). The molecule has 13 heavy (non-hydrogen) atoms. The zero-order valence-corrected chi connectivity index (χ0v) is 9.23. The van der Waals surface area contributed by atoms with Crippen LogP contribution in [0, 0.1) is 5.92 Å². The number of hydrogen-bond acceptors (Lipinski definition) is 1. The molecule has 0 radical (unpaired) electrons. The van der Waals surface area contributed by atoms with E-state index < -0.39 is 0 Å². The minimum atomic E-state index is 0.390. The van der Waals surface area contributed by atoms with E-state index in [1.807, 2.05) is 0 Å². The Morgan fingerprint density at radius 2 is 1.92 bits per heavy atom. The molecule has 1 saturated carbocycles. The zero-order chi connectivity index (χ0) is 9.10. The number of aliphatic hydroxyl groups excluding tert-OH is 1. The van der Waals surface area contributed by atoms with Crippen molar-refractivity contribution < 1.29 is 5.11 Å². The summed E-state index contributed by atoms with van der Waals surface area (Å²) in [4.78, 5) is 0.882. The summed E-state index contributed by atoms with van der Waals surface area (Å²) in [6.45, 7) is 0.390. The molecule has 0 aliphatic heterocycles. The summed E-state index contributed by atoms with van der Waals surface area (Å²) in [5.41, 5.74) is 0. The van der Waals surface area contributed by atoms with E-state index in [1.165, 1.54) is 17.3 Å². The van der Waals surface area contributed by atoms with Gasteiger partial charge in [0.25, 0.3) is 0 Å². The summed E-state index contributed by atoms with van der Waals surface area (Å²) in [6, 6.07) is 10.7. The van der Waals surface area contributed by atoms with Gasteiger partial charge in [-0.15, -0.1) is 0 Å². The van der Waals surface area contributed by atoms with Gasteiger partial charge in [0.05, 0.1) is 0 Å². The van der Waals surface area contributed by atoms with Gasteiger partial charge in [-0.05, 0) is 0 Å². The van der Waals surface area contributed by atoms with Crippen molar-refractivity contribution in [1.82, 2.24) is 0 Å². The van der Waals surface area contributed by atoms with Crippen molar-refractivity contribution in [3.8, 4) is 0 Å². The molecule has 0 atom stereocenters. The molecule has 1 aliphatic carbocycles. The first-order valence-corrected chi connectivity index (χ1v) is 6.55. The minimum absolute atomic E-state index is 0.390. The van der Waals surface area contributed by atoms with Crippen molar-refractivity contribution in [3.63, 3.8) is 0 Å². The van der Waals surface area contributed by atoms with Crippen LogP contribution in [-0.2, 0) is 0 Å². The number of benzene rings is 1. The third-order valence-corrected chi connectivity index (χ3v) is 5.15. The van der Waals surface area contributed by atoms with Gasteiger partial charge in [0.2, 0.25) is 0 Å². The second kappa shape index (κ2) is 4.28. The van der Waals surface area contributed by atoms with Gasteiger partial charge in [0, 0.05) is 0 Å². The second-order valence-corrected chi connectivity index (χ2v) is 6.46. The Hall–Kier alpha value is -0.301. The fourth-order valence-electron chi connectivity index (χ4n) is 1.61. The molecular weight excluding hydrogens is 227 g/mol. The van der Waals surface area contributed by atoms with E-state index in [1.54, 1.807) is 0 Å². The fraction of sp³-hybridized carbons (Fsp3) is 0.455. The topological polar surface area (TPSA) is 20.2 Å². The van der Waals surface area contributed by atoms with Crippen LogP contribution in [0.25, 0.3) is 0 Å². The van der Waals surface area contributed by atoms with Crippen molar-refractivity contribution in [2.75, 3.05) is 6.61 Å². The predicted octanol–water partition coefficient (Wildman–Crippen LogP) is 1.21. The third kappa shape index (κ3) is 2.34. The molecule has 70 valence electrons. The standard InChI is InChI=1S/C11H14OSe/c12-8-9-6-11(7-9)13-10-4-2-1-3-5-10/h1-5,9,11-12H,6-8H2. The van der Waals surface area contributed by atoms with Crippen LogP contribution in [0.5, 0.6) is 0 Å². The summed E-state index contributed by atoms with van der Waals surface area (Å²) in [5, 5.41) is 8.88. The Balaban J connectivity index is 1.81. The summed E-state index contributed by atoms with van der Waals surface area (Å²) in [7, 11) is 0. The molecule has 0 aromatic heterocycles. The van der Waals surface area contributed by atoms with Crippen LogP contribution in [0.1, 0.15) is 12.8 Å². The normalized spacial score (nSPS) is 26.8. The van der Waals surface area contributed by atoms with E-state index in [0.717, 1.165) is 4.82 Å². The predicted molar refractivity (Wildman–Crippen MR) is 55.4 cm³/mol. The maximum atomic E-state index is 8.88. The van der Waals surface area contributed by atoms with Gasteiger partial charge >= 0.3 is 85.0 Å². The van der Waals surface area contributed by atoms with E-state index in [-0.39, 0.29) is 0 Å². The summed E-state index contributed by atoms with van der Waals surface area (Å²) in [6.07, 6.45) is 2.48. The van der Waals surface area contributed by atoms with Crippen molar-refractivity contribution >= 4 is 19.4 Å². The Morgan fingerprint density at radius 1 is 1.23 bits per heavy atom. The molecule has 0 heterocycles. The maximum absolute atomic E-state index is 8.88. The van der Waals surface area contributed by atoms with Crippen LogP contribution < -0.4 is 4.46 Å². The van der Waals surface area contributed by atoms with Crippen molar-refractivity contribution in [3.05, 3.63) is 30.3 Å². The van der Waals surface area contributed by atoms with Gasteiger partial charge in [0.15, 0.2) is 0 Å². The van der Waals surface area contributed by atoms with E-state index in [4.69, 9.17) is 5.11 Å². The van der Waals surface area contributed by atoms with Crippen LogP contribution in [0.3, 0.4) is 0 Å². The Labute approximate surface area is 85.3 Å². The SMILES string of the molecule is OCC1CC([Se]c2ccccc2)C1. The quantitative estimate of drug-likeness (QED) is 0.788. The number of hydrogen-bond donors (Lipinski definition) is 1. The molecule has 1 aliphatic rings. The molecule has 0 bridgehead atoms. The Bertz CT molecular complexity index is 254. The fourth-order valence-corrected chi connectivity index (χ4v) is 4.62. The van der Waals surface area contributed by atoms with Crippen LogP contribution in [0.2, 0.25) is 4.82 Å². The van der Waals surface area contributed by atoms with Gasteiger partial charge in [-0.25, -0.2) is 0 Å². The van der Waals surface area contributed by atoms with E-state index in [2.05, 4.69) is 30.3 Å². The molecule has 2 heteroatoms. The first-order valence-electron chi connectivity index (χ1n) is 4.71. The van der Waals surface area contributed by atoms with Crippen LogP contribution >= 0.6 is 0 Å². The molecule has 1 fully saturated rings. The Kier molecular flexibility index (Phi) is 3.05. The van der Waals surface area contributed by atoms with E-state index in [9.17, 15) is 0 Å². The average molecular weight is 241 g/mol. The van der Waals surface area contributed by atoms with Crippen molar-refractivity contribution in [2.24, 2.45) is 5.92 Å². The third-order valence-electron chi connectivity index (χ3n) is 2.50. The van der Waals surface area contributed by atoms with Gasteiger partial charge in [0.1, 0.15) is 0 Å². The second-order valence-electron chi connectivity index (χ2n) is 3.57. The van der Waals surface area contributed by atoms with Gasteiger partial charge in [-0.1, -0.05) is 0 Å². The molecule has 0 spiro atoms. The summed E-state index contributed by atoms with van der Waals surface area (Å²) in [5.74, 6) is 0.607. The first-order chi connectivity index (χ1) is 6.38. The molecule has 1 aromatic carbocycles. The van der Waals surface area contributed by atoms with Crippen molar-refractivity contribution in [2.45, 2.75) is 17.7 Å². The average Bonchev–Trinajstić information content (AvgIpc) is 2.12. The molecular formula is C11H14OSe. The molecule has 0 unspecified atom stereocenters. The zero-order valence-electron chi connectivity index (χ0n) is 7.52. The van der Waals surface area contributed by atoms with E-state index in [0.29, 0.717) is 27.5 Å². The van der Waals surface area contributed by atoms with Gasteiger partial charge < -0.3 is 0 Å². The molecule has 0 saturated heterocycles. The van der Waals surface area contributed by atoms with Crippen LogP contribution in [-0.4, -0.2) is 26.7 Å². The molecule has 1 nitrogen and oxygen atoms in total. The van der Waals surface area contributed by atoms with E-state index >= 15 is 0 Å². The summed E-state index contributed by atoms with van der Waals surface area (Å²) < 4.78 is 1.50. The van der Waals surface area contributed by atoms with Crippen molar-refractivity contribution in [1.29, 1.82) is 0 Å². The first kappa shape index (κ1) is 9.26. The van der Waals surface area contributed by atoms with Crippen LogP contribution in [0.4, 0.5) is 0 Å². The van der Waals surface area contributed by atoms with Gasteiger partial charge in [-0.3, -0.25) is 0 Å². The molecule has 0 amide bonds. The molecule has 1 N–H and O–H groups in total. The van der Waals surface area contributed by atoms with Crippen LogP contribution in [0.15, 0.2) is 30.3 Å². The monoisotopic (exact) mass is 242 g/mol. The van der Waals surface area contributed by atoms with Gasteiger partial charge in [-0.2, -0.15) is 0 Å². The number of rotatable bonds is 3. The summed E-state index contributed by atoms with van der Waals surface area (Å²) >= 11 is 0.632. The molecule has 1 aromatic rings.